The van der Waals surface area contributed by atoms with Gasteiger partial charge in [0.05, 0.1) is 12.4 Å². The van der Waals surface area contributed by atoms with Crippen LogP contribution in [0.1, 0.15) is 12.5 Å². The molecule has 1 N–H and O–H groups in total. The van der Waals surface area contributed by atoms with Crippen molar-refractivity contribution in [3.05, 3.63) is 35.6 Å². The van der Waals surface area contributed by atoms with Crippen molar-refractivity contribution in [2.45, 2.75) is 12.7 Å². The Morgan fingerprint density at radius 1 is 1.41 bits per heavy atom. The predicted molar refractivity (Wildman–Crippen MR) is 59.2 cm³/mol. The number of nitrogens with one attached hydrogen (secondary N) is 1. The van der Waals surface area contributed by atoms with Gasteiger partial charge in [-0.15, -0.1) is 0 Å². The Hall–Kier alpha value is -1.63. The molecule has 0 atom stereocenters. The Morgan fingerprint density at radius 3 is 2.65 bits per heavy atom. The molecule has 17 heavy (non-hydrogen) atoms. The summed E-state index contributed by atoms with van der Waals surface area (Å²) in [5.41, 5.74) is -0.00991. The molecule has 0 radical (unpaired) electrons. The number of carbonyl (C=O) groups is 1. The standard InChI is InChI=1S/C10H12FNO4S/c1-2-16-10(13)12-17(14,15)7-8-5-3-4-6-9(8)11/h3-6H,2,7H2,1H3,(H,12,13). The number of benzene rings is 1. The van der Waals surface area contributed by atoms with Crippen LogP contribution in [0.3, 0.4) is 0 Å². The van der Waals surface area contributed by atoms with Gasteiger partial charge in [0.15, 0.2) is 0 Å². The van der Waals surface area contributed by atoms with Crippen molar-refractivity contribution in [3.63, 3.8) is 0 Å². The lowest BCUT2D eigenvalue weighted by molar-refractivity contribution is 0.158. The molecule has 0 fully saturated rings. The first-order valence-corrected chi connectivity index (χ1v) is 6.50. The van der Waals surface area contributed by atoms with Gasteiger partial charge in [0.1, 0.15) is 5.82 Å². The highest BCUT2D eigenvalue weighted by molar-refractivity contribution is 7.89. The zero-order valence-electron chi connectivity index (χ0n) is 9.14. The van der Waals surface area contributed by atoms with Gasteiger partial charge in [0, 0.05) is 5.56 Å². The maximum absolute atomic E-state index is 13.2. The van der Waals surface area contributed by atoms with E-state index < -0.39 is 27.7 Å². The molecule has 1 aromatic rings. The molecule has 0 aliphatic rings. The lowest BCUT2D eigenvalue weighted by atomic mass is 10.2. The van der Waals surface area contributed by atoms with Crippen LogP contribution in [0.4, 0.5) is 9.18 Å². The first-order chi connectivity index (χ1) is 7.94. The first-order valence-electron chi connectivity index (χ1n) is 4.85. The highest BCUT2D eigenvalue weighted by atomic mass is 32.2. The van der Waals surface area contributed by atoms with Crippen LogP contribution in [-0.4, -0.2) is 21.1 Å². The number of ether oxygens (including phenoxy) is 1. The number of carbonyl (C=O) groups excluding carboxylic acids is 1. The maximum Gasteiger partial charge on any atom is 0.420 e. The summed E-state index contributed by atoms with van der Waals surface area (Å²) in [5.74, 6) is -1.25. The van der Waals surface area contributed by atoms with Crippen molar-refractivity contribution in [2.24, 2.45) is 0 Å². The van der Waals surface area contributed by atoms with Gasteiger partial charge in [-0.05, 0) is 13.0 Å². The fraction of sp³-hybridized carbons (Fsp3) is 0.300. The molecule has 7 heteroatoms. The van der Waals surface area contributed by atoms with Crippen LogP contribution in [0.5, 0.6) is 0 Å². The van der Waals surface area contributed by atoms with E-state index in [1.165, 1.54) is 18.2 Å². The van der Waals surface area contributed by atoms with Crippen LogP contribution < -0.4 is 4.72 Å². The van der Waals surface area contributed by atoms with E-state index >= 15 is 0 Å². The largest absolute Gasteiger partial charge is 0.449 e. The third kappa shape index (κ3) is 4.39. The molecule has 0 saturated carbocycles. The molecular weight excluding hydrogens is 249 g/mol. The van der Waals surface area contributed by atoms with E-state index in [0.29, 0.717) is 0 Å². The lowest BCUT2D eigenvalue weighted by Gasteiger charge is -2.07. The number of sulfonamides is 1. The Balaban J connectivity index is 2.74. The van der Waals surface area contributed by atoms with Crippen LogP contribution in [0.2, 0.25) is 0 Å². The minimum absolute atomic E-state index is 0.00991. The van der Waals surface area contributed by atoms with Gasteiger partial charge in [-0.2, -0.15) is 0 Å². The monoisotopic (exact) mass is 261 g/mol. The molecule has 0 aliphatic heterocycles. The SMILES string of the molecule is CCOC(=O)NS(=O)(=O)Cc1ccccc1F. The van der Waals surface area contributed by atoms with E-state index in [4.69, 9.17) is 0 Å². The van der Waals surface area contributed by atoms with E-state index in [9.17, 15) is 17.6 Å². The van der Waals surface area contributed by atoms with Gasteiger partial charge >= 0.3 is 6.09 Å². The van der Waals surface area contributed by atoms with Crippen LogP contribution in [0.15, 0.2) is 24.3 Å². The Labute approximate surface area is 98.6 Å². The quantitative estimate of drug-likeness (QED) is 0.889. The zero-order valence-corrected chi connectivity index (χ0v) is 9.96. The lowest BCUT2D eigenvalue weighted by Crippen LogP contribution is -2.32. The summed E-state index contributed by atoms with van der Waals surface area (Å²) >= 11 is 0. The molecule has 0 bridgehead atoms. The van der Waals surface area contributed by atoms with Crippen molar-refractivity contribution in [1.82, 2.24) is 4.72 Å². The molecule has 1 aromatic carbocycles. The van der Waals surface area contributed by atoms with Gasteiger partial charge < -0.3 is 4.74 Å². The van der Waals surface area contributed by atoms with E-state index in [0.717, 1.165) is 6.07 Å². The topological polar surface area (TPSA) is 72.5 Å². The number of rotatable bonds is 4. The predicted octanol–water partition coefficient (Wildman–Crippen LogP) is 1.40. The molecular formula is C10H12FNO4S. The molecule has 0 spiro atoms. The average Bonchev–Trinajstić information content (AvgIpc) is 2.20. The number of hydrogen-bond acceptors (Lipinski definition) is 4. The first kappa shape index (κ1) is 13.4. The highest BCUT2D eigenvalue weighted by Crippen LogP contribution is 2.09. The van der Waals surface area contributed by atoms with Crippen LogP contribution in [0.25, 0.3) is 0 Å². The van der Waals surface area contributed by atoms with Crippen LogP contribution in [-0.2, 0) is 20.5 Å². The van der Waals surface area contributed by atoms with Gasteiger partial charge in [0.2, 0.25) is 10.0 Å². The Bertz CT molecular complexity index is 501. The minimum atomic E-state index is -3.94. The second-order valence-electron chi connectivity index (χ2n) is 3.17. The summed E-state index contributed by atoms with van der Waals surface area (Å²) in [7, 11) is -3.94. The van der Waals surface area contributed by atoms with Gasteiger partial charge in [-0.3, -0.25) is 0 Å². The number of amides is 1. The highest BCUT2D eigenvalue weighted by Gasteiger charge is 2.17. The molecule has 0 aliphatic carbocycles. The minimum Gasteiger partial charge on any atom is -0.449 e. The molecule has 0 heterocycles. The molecule has 1 rings (SSSR count). The fourth-order valence-corrected chi connectivity index (χ4v) is 2.17. The number of halogens is 1. The van der Waals surface area contributed by atoms with E-state index in [-0.39, 0.29) is 12.2 Å². The van der Waals surface area contributed by atoms with Crippen molar-refractivity contribution < 1.29 is 22.3 Å². The summed E-state index contributed by atoms with van der Waals surface area (Å²) < 4.78 is 42.2. The molecule has 5 nitrogen and oxygen atoms in total. The summed E-state index contributed by atoms with van der Waals surface area (Å²) in [6.45, 7) is 1.60. The fourth-order valence-electron chi connectivity index (χ4n) is 1.14. The second-order valence-corrected chi connectivity index (χ2v) is 4.90. The van der Waals surface area contributed by atoms with Gasteiger partial charge in [-0.25, -0.2) is 22.3 Å². The summed E-state index contributed by atoms with van der Waals surface area (Å²) in [4.78, 5) is 10.9. The smallest absolute Gasteiger partial charge is 0.420 e. The molecule has 0 saturated heterocycles. The van der Waals surface area contributed by atoms with E-state index in [2.05, 4.69) is 4.74 Å². The van der Waals surface area contributed by atoms with Gasteiger partial charge in [-0.1, -0.05) is 18.2 Å². The Morgan fingerprint density at radius 2 is 2.06 bits per heavy atom. The summed E-state index contributed by atoms with van der Waals surface area (Å²) in [5, 5.41) is 0. The van der Waals surface area contributed by atoms with Crippen molar-refractivity contribution >= 4 is 16.1 Å². The van der Waals surface area contributed by atoms with E-state index in [1.54, 1.807) is 11.6 Å². The summed E-state index contributed by atoms with van der Waals surface area (Å²) in [6, 6.07) is 5.44. The third-order valence-electron chi connectivity index (χ3n) is 1.82. The van der Waals surface area contributed by atoms with Crippen molar-refractivity contribution in [1.29, 1.82) is 0 Å². The number of hydrogen-bond donors (Lipinski definition) is 1. The second kappa shape index (κ2) is 5.62. The van der Waals surface area contributed by atoms with Crippen LogP contribution >= 0.6 is 0 Å². The van der Waals surface area contributed by atoms with Crippen molar-refractivity contribution in [2.75, 3.05) is 6.61 Å². The van der Waals surface area contributed by atoms with Gasteiger partial charge in [0.25, 0.3) is 0 Å². The normalized spacial score (nSPS) is 10.9. The van der Waals surface area contributed by atoms with Crippen LogP contribution in [0, 0.1) is 5.82 Å². The Kier molecular flexibility index (Phi) is 4.45. The maximum atomic E-state index is 13.2. The molecule has 94 valence electrons. The zero-order chi connectivity index (χ0) is 12.9. The average molecular weight is 261 g/mol. The van der Waals surface area contributed by atoms with Crippen molar-refractivity contribution in [3.8, 4) is 0 Å². The molecule has 0 aromatic heterocycles. The molecule has 0 unspecified atom stereocenters. The summed E-state index contributed by atoms with van der Waals surface area (Å²) in [6.07, 6.45) is -1.07. The molecule has 1 amide bonds. The van der Waals surface area contributed by atoms with E-state index in [1.807, 2.05) is 0 Å². The third-order valence-corrected chi connectivity index (χ3v) is 2.99.